The molecule has 2 amide bonds. The zero-order chi connectivity index (χ0) is 12.8. The van der Waals surface area contributed by atoms with E-state index in [1.165, 1.54) is 0 Å². The Bertz CT molecular complexity index is 365. The first-order valence-electron chi connectivity index (χ1n) is 5.56. The first-order chi connectivity index (χ1) is 8.02. The van der Waals surface area contributed by atoms with Crippen LogP contribution in [-0.2, 0) is 0 Å². The molecule has 5 heteroatoms. The van der Waals surface area contributed by atoms with Gasteiger partial charge < -0.3 is 21.5 Å². The summed E-state index contributed by atoms with van der Waals surface area (Å²) in [6.07, 6.45) is 0. The largest absolute Gasteiger partial charge is 0.395 e. The number of benzene rings is 1. The van der Waals surface area contributed by atoms with Crippen LogP contribution < -0.4 is 16.4 Å². The molecule has 5 nitrogen and oxygen atoms in total. The second-order valence-corrected chi connectivity index (χ2v) is 4.08. The van der Waals surface area contributed by atoms with E-state index in [2.05, 4.69) is 10.6 Å². The van der Waals surface area contributed by atoms with Gasteiger partial charge in [-0.25, -0.2) is 4.79 Å². The molecule has 0 saturated heterocycles. The number of amides is 2. The van der Waals surface area contributed by atoms with Crippen LogP contribution in [0.15, 0.2) is 24.3 Å². The molecule has 0 spiro atoms. The zero-order valence-electron chi connectivity index (χ0n) is 10.1. The summed E-state index contributed by atoms with van der Waals surface area (Å²) >= 11 is 0. The molecule has 0 aliphatic carbocycles. The number of aliphatic hydroxyl groups is 1. The third-order valence-corrected chi connectivity index (χ3v) is 2.49. The smallest absolute Gasteiger partial charge is 0.316 e. The second-order valence-electron chi connectivity index (χ2n) is 4.08. The van der Waals surface area contributed by atoms with Crippen LogP contribution in [0, 0.1) is 0 Å². The van der Waals surface area contributed by atoms with Crippen molar-refractivity contribution in [3.63, 3.8) is 0 Å². The van der Waals surface area contributed by atoms with Gasteiger partial charge in [0.15, 0.2) is 0 Å². The Morgan fingerprint density at radius 1 is 1.35 bits per heavy atom. The van der Waals surface area contributed by atoms with Crippen molar-refractivity contribution in [3.8, 4) is 0 Å². The third kappa shape index (κ3) is 4.42. The van der Waals surface area contributed by atoms with Gasteiger partial charge in [0.1, 0.15) is 0 Å². The molecule has 1 aromatic rings. The number of carbonyl (C=O) groups excluding carboxylic acids is 1. The average Bonchev–Trinajstić information content (AvgIpc) is 2.28. The van der Waals surface area contributed by atoms with Crippen LogP contribution in [0.4, 0.5) is 10.5 Å². The van der Waals surface area contributed by atoms with Crippen LogP contribution in [-0.4, -0.2) is 23.8 Å². The Morgan fingerprint density at radius 2 is 1.94 bits per heavy atom. The van der Waals surface area contributed by atoms with Crippen LogP contribution in [0.2, 0.25) is 0 Å². The number of aliphatic hydroxyl groups excluding tert-OH is 1. The number of carbonyl (C=O) groups is 1. The van der Waals surface area contributed by atoms with Gasteiger partial charge in [-0.3, -0.25) is 0 Å². The van der Waals surface area contributed by atoms with Gasteiger partial charge in [0.2, 0.25) is 0 Å². The molecule has 0 radical (unpaired) electrons. The van der Waals surface area contributed by atoms with Crippen LogP contribution in [0.5, 0.6) is 0 Å². The summed E-state index contributed by atoms with van der Waals surface area (Å²) < 4.78 is 0. The molecule has 0 fully saturated rings. The molecule has 0 aliphatic rings. The summed E-state index contributed by atoms with van der Waals surface area (Å²) in [4.78, 5) is 10.6. The minimum atomic E-state index is -0.571. The number of hydrogen-bond acceptors (Lipinski definition) is 3. The van der Waals surface area contributed by atoms with E-state index in [9.17, 15) is 4.79 Å². The predicted octanol–water partition coefficient (Wildman–Crippen LogP) is 1.21. The molecule has 17 heavy (non-hydrogen) atoms. The minimum Gasteiger partial charge on any atom is -0.395 e. The van der Waals surface area contributed by atoms with Crippen LogP contribution in [0.3, 0.4) is 0 Å². The number of primary amides is 1. The highest BCUT2D eigenvalue weighted by Crippen LogP contribution is 2.16. The predicted molar refractivity (Wildman–Crippen MR) is 67.7 cm³/mol. The quantitative estimate of drug-likeness (QED) is 0.620. The van der Waals surface area contributed by atoms with E-state index in [-0.39, 0.29) is 18.7 Å². The lowest BCUT2D eigenvalue weighted by molar-refractivity contribution is 0.243. The van der Waals surface area contributed by atoms with E-state index in [0.717, 1.165) is 5.56 Å². The van der Waals surface area contributed by atoms with E-state index in [0.29, 0.717) is 5.69 Å². The zero-order valence-corrected chi connectivity index (χ0v) is 10.1. The van der Waals surface area contributed by atoms with E-state index in [4.69, 9.17) is 10.8 Å². The fourth-order valence-corrected chi connectivity index (χ4v) is 1.57. The molecule has 5 N–H and O–H groups in total. The lowest BCUT2D eigenvalue weighted by Gasteiger charge is -2.18. The molecule has 0 bridgehead atoms. The highest BCUT2D eigenvalue weighted by Gasteiger charge is 2.08. The summed E-state index contributed by atoms with van der Waals surface area (Å²) in [5.41, 5.74) is 6.77. The molecular weight excluding hydrogens is 218 g/mol. The van der Waals surface area contributed by atoms with Crippen molar-refractivity contribution in [1.82, 2.24) is 5.32 Å². The first-order valence-corrected chi connectivity index (χ1v) is 5.56. The number of nitrogens with two attached hydrogens (primary N) is 1. The van der Waals surface area contributed by atoms with Crippen molar-refractivity contribution in [1.29, 1.82) is 0 Å². The Hall–Kier alpha value is -1.59. The molecule has 1 rings (SSSR count). The molecule has 94 valence electrons. The summed E-state index contributed by atoms with van der Waals surface area (Å²) in [7, 11) is 0. The summed E-state index contributed by atoms with van der Waals surface area (Å²) in [6, 6.07) is 7.02. The Labute approximate surface area is 101 Å². The maximum Gasteiger partial charge on any atom is 0.316 e. The molecule has 0 heterocycles. The van der Waals surface area contributed by atoms with Gasteiger partial charge in [-0.1, -0.05) is 12.1 Å². The van der Waals surface area contributed by atoms with Crippen LogP contribution in [0.1, 0.15) is 25.5 Å². The van der Waals surface area contributed by atoms with Crippen molar-refractivity contribution in [2.24, 2.45) is 5.73 Å². The first kappa shape index (κ1) is 13.5. The number of nitrogens with one attached hydrogen (secondary N) is 2. The van der Waals surface area contributed by atoms with Gasteiger partial charge >= 0.3 is 6.03 Å². The highest BCUT2D eigenvalue weighted by molar-refractivity contribution is 5.87. The normalized spacial score (nSPS) is 14.1. The fourth-order valence-electron chi connectivity index (χ4n) is 1.57. The summed E-state index contributed by atoms with van der Waals surface area (Å²) in [5.74, 6) is 0. The monoisotopic (exact) mass is 237 g/mol. The lowest BCUT2D eigenvalue weighted by Crippen LogP contribution is -2.31. The van der Waals surface area contributed by atoms with Gasteiger partial charge in [0, 0.05) is 17.8 Å². The average molecular weight is 237 g/mol. The van der Waals surface area contributed by atoms with Gasteiger partial charge in [-0.05, 0) is 31.5 Å². The second kappa shape index (κ2) is 6.22. The standard InChI is InChI=1S/C12H19N3O2/c1-8(7-16)14-9(2)10-3-5-11(6-4-10)15-12(13)17/h3-6,8-9,14,16H,7H2,1-2H3,(H3,13,15,17). The number of urea groups is 1. The van der Waals surface area contributed by atoms with Crippen molar-refractivity contribution in [3.05, 3.63) is 29.8 Å². The SMILES string of the molecule is CC(CO)NC(C)c1ccc(NC(N)=O)cc1. The van der Waals surface area contributed by atoms with Crippen molar-refractivity contribution < 1.29 is 9.90 Å². The molecule has 0 saturated carbocycles. The van der Waals surface area contributed by atoms with Crippen molar-refractivity contribution >= 4 is 11.7 Å². The van der Waals surface area contributed by atoms with Crippen molar-refractivity contribution in [2.45, 2.75) is 25.9 Å². The Balaban J connectivity index is 2.63. The van der Waals surface area contributed by atoms with E-state index in [1.807, 2.05) is 26.0 Å². The summed E-state index contributed by atoms with van der Waals surface area (Å²) in [5, 5.41) is 14.7. The number of rotatable bonds is 5. The van der Waals surface area contributed by atoms with E-state index < -0.39 is 6.03 Å². The fraction of sp³-hybridized carbons (Fsp3) is 0.417. The van der Waals surface area contributed by atoms with Gasteiger partial charge in [0.05, 0.1) is 6.61 Å². The lowest BCUT2D eigenvalue weighted by atomic mass is 10.1. The topological polar surface area (TPSA) is 87.4 Å². The van der Waals surface area contributed by atoms with Crippen LogP contribution >= 0.6 is 0 Å². The molecular formula is C12H19N3O2. The number of hydrogen-bond donors (Lipinski definition) is 4. The van der Waals surface area contributed by atoms with E-state index in [1.54, 1.807) is 12.1 Å². The van der Waals surface area contributed by atoms with Crippen LogP contribution in [0.25, 0.3) is 0 Å². The summed E-state index contributed by atoms with van der Waals surface area (Å²) in [6.45, 7) is 4.04. The van der Waals surface area contributed by atoms with E-state index >= 15 is 0 Å². The van der Waals surface area contributed by atoms with Gasteiger partial charge in [-0.15, -0.1) is 0 Å². The van der Waals surface area contributed by atoms with Crippen molar-refractivity contribution in [2.75, 3.05) is 11.9 Å². The Morgan fingerprint density at radius 3 is 2.41 bits per heavy atom. The highest BCUT2D eigenvalue weighted by atomic mass is 16.3. The molecule has 0 aromatic heterocycles. The van der Waals surface area contributed by atoms with Gasteiger partial charge in [0.25, 0.3) is 0 Å². The molecule has 2 atom stereocenters. The maximum atomic E-state index is 10.6. The minimum absolute atomic E-state index is 0.0495. The number of anilines is 1. The molecule has 2 unspecified atom stereocenters. The molecule has 0 aliphatic heterocycles. The molecule has 1 aromatic carbocycles. The Kier molecular flexibility index (Phi) is 4.93. The maximum absolute atomic E-state index is 10.6. The third-order valence-electron chi connectivity index (χ3n) is 2.49. The van der Waals surface area contributed by atoms with Gasteiger partial charge in [-0.2, -0.15) is 0 Å².